The van der Waals surface area contributed by atoms with E-state index in [9.17, 15) is 13.2 Å². The van der Waals surface area contributed by atoms with Crippen LogP contribution in [0.3, 0.4) is 0 Å². The second-order valence-electron chi connectivity index (χ2n) is 3.94. The first-order chi connectivity index (χ1) is 8.29. The fraction of sp³-hybridized carbons (Fsp3) is 0.364. The van der Waals surface area contributed by atoms with Crippen LogP contribution in [0.1, 0.15) is 22.8 Å². The standard InChI is InChI=1S/C11H15NO5S/c1-7(6-13)12-18(16,17)10-5-3-4-9(8(10)2)11(14)15/h3-5,7,12-13H,6H2,1-2H3,(H,14,15). The van der Waals surface area contributed by atoms with Gasteiger partial charge in [-0.1, -0.05) is 6.07 Å². The van der Waals surface area contributed by atoms with Gasteiger partial charge < -0.3 is 10.2 Å². The number of carboxylic acids is 1. The molecular formula is C11H15NO5S. The molecule has 1 unspecified atom stereocenters. The van der Waals surface area contributed by atoms with E-state index in [0.29, 0.717) is 0 Å². The monoisotopic (exact) mass is 273 g/mol. The van der Waals surface area contributed by atoms with Crippen LogP contribution in [0.15, 0.2) is 23.1 Å². The van der Waals surface area contributed by atoms with Gasteiger partial charge in [-0.15, -0.1) is 0 Å². The summed E-state index contributed by atoms with van der Waals surface area (Å²) >= 11 is 0. The van der Waals surface area contributed by atoms with E-state index in [0.717, 1.165) is 0 Å². The van der Waals surface area contributed by atoms with Crippen molar-refractivity contribution in [3.05, 3.63) is 29.3 Å². The van der Waals surface area contributed by atoms with E-state index in [2.05, 4.69) is 4.72 Å². The number of benzene rings is 1. The Morgan fingerprint density at radius 3 is 2.56 bits per heavy atom. The Labute approximate surface area is 105 Å². The van der Waals surface area contributed by atoms with Crippen LogP contribution in [0.25, 0.3) is 0 Å². The average Bonchev–Trinajstić information content (AvgIpc) is 2.27. The zero-order valence-corrected chi connectivity index (χ0v) is 10.9. The molecule has 0 saturated heterocycles. The van der Waals surface area contributed by atoms with Crippen LogP contribution in [0.4, 0.5) is 0 Å². The topological polar surface area (TPSA) is 104 Å². The molecule has 0 heterocycles. The second kappa shape index (κ2) is 5.47. The van der Waals surface area contributed by atoms with E-state index < -0.39 is 22.0 Å². The Morgan fingerprint density at radius 2 is 2.06 bits per heavy atom. The minimum atomic E-state index is -3.83. The summed E-state index contributed by atoms with van der Waals surface area (Å²) in [6.07, 6.45) is 0. The van der Waals surface area contributed by atoms with Crippen molar-refractivity contribution >= 4 is 16.0 Å². The van der Waals surface area contributed by atoms with Gasteiger partial charge in [0.25, 0.3) is 0 Å². The van der Waals surface area contributed by atoms with Crippen molar-refractivity contribution in [3.8, 4) is 0 Å². The maximum Gasteiger partial charge on any atom is 0.335 e. The van der Waals surface area contributed by atoms with Crippen molar-refractivity contribution in [2.75, 3.05) is 6.61 Å². The highest BCUT2D eigenvalue weighted by atomic mass is 32.2. The summed E-state index contributed by atoms with van der Waals surface area (Å²) in [5, 5.41) is 17.8. The Morgan fingerprint density at radius 1 is 1.44 bits per heavy atom. The number of aromatic carboxylic acids is 1. The molecule has 0 bridgehead atoms. The molecule has 0 spiro atoms. The highest BCUT2D eigenvalue weighted by Gasteiger charge is 2.22. The van der Waals surface area contributed by atoms with Gasteiger partial charge in [-0.3, -0.25) is 0 Å². The molecule has 1 aromatic rings. The number of aliphatic hydroxyl groups excluding tert-OH is 1. The molecule has 0 aromatic heterocycles. The number of nitrogens with one attached hydrogen (secondary N) is 1. The van der Waals surface area contributed by atoms with Crippen molar-refractivity contribution in [1.82, 2.24) is 4.72 Å². The summed E-state index contributed by atoms with van der Waals surface area (Å²) in [5.41, 5.74) is 0.108. The van der Waals surface area contributed by atoms with Crippen LogP contribution in [0.2, 0.25) is 0 Å². The highest BCUT2D eigenvalue weighted by Crippen LogP contribution is 2.19. The van der Waals surface area contributed by atoms with Crippen LogP contribution in [0, 0.1) is 6.92 Å². The van der Waals surface area contributed by atoms with Gasteiger partial charge in [-0.05, 0) is 31.5 Å². The Bertz CT molecular complexity index is 553. The Hall–Kier alpha value is -1.44. The van der Waals surface area contributed by atoms with Gasteiger partial charge in [0.05, 0.1) is 17.1 Å². The quantitative estimate of drug-likeness (QED) is 0.718. The molecule has 0 aliphatic carbocycles. The van der Waals surface area contributed by atoms with Gasteiger partial charge in [-0.25, -0.2) is 17.9 Å². The van der Waals surface area contributed by atoms with E-state index in [1.54, 1.807) is 0 Å². The van der Waals surface area contributed by atoms with Crippen LogP contribution in [0.5, 0.6) is 0 Å². The van der Waals surface area contributed by atoms with Gasteiger partial charge in [0.2, 0.25) is 10.0 Å². The largest absolute Gasteiger partial charge is 0.478 e. The normalized spacial score (nSPS) is 13.3. The van der Waals surface area contributed by atoms with Crippen LogP contribution in [-0.2, 0) is 10.0 Å². The van der Waals surface area contributed by atoms with Crippen molar-refractivity contribution in [1.29, 1.82) is 0 Å². The summed E-state index contributed by atoms with van der Waals surface area (Å²) in [6.45, 7) is 2.60. The van der Waals surface area contributed by atoms with Gasteiger partial charge in [0.1, 0.15) is 0 Å². The fourth-order valence-electron chi connectivity index (χ4n) is 1.50. The SMILES string of the molecule is Cc1c(C(=O)O)cccc1S(=O)(=O)NC(C)CO. The number of carboxylic acid groups (broad SMARTS) is 1. The maximum absolute atomic E-state index is 12.0. The number of hydrogen-bond donors (Lipinski definition) is 3. The Balaban J connectivity index is 3.26. The summed E-state index contributed by atoms with van der Waals surface area (Å²) in [7, 11) is -3.83. The number of carbonyl (C=O) groups is 1. The molecule has 0 aliphatic heterocycles. The van der Waals surface area contributed by atoms with Crippen molar-refractivity contribution < 1.29 is 23.4 Å². The molecule has 3 N–H and O–H groups in total. The molecule has 18 heavy (non-hydrogen) atoms. The van der Waals surface area contributed by atoms with E-state index in [1.165, 1.54) is 32.0 Å². The lowest BCUT2D eigenvalue weighted by molar-refractivity contribution is 0.0696. The van der Waals surface area contributed by atoms with E-state index in [4.69, 9.17) is 10.2 Å². The molecule has 1 rings (SSSR count). The lowest BCUT2D eigenvalue weighted by atomic mass is 10.1. The first-order valence-corrected chi connectivity index (χ1v) is 6.74. The van der Waals surface area contributed by atoms with Gasteiger partial charge >= 0.3 is 5.97 Å². The second-order valence-corrected chi connectivity index (χ2v) is 5.62. The third kappa shape index (κ3) is 3.06. The van der Waals surface area contributed by atoms with Crippen LogP contribution >= 0.6 is 0 Å². The van der Waals surface area contributed by atoms with E-state index in [1.807, 2.05) is 0 Å². The summed E-state index contributed by atoms with van der Waals surface area (Å²) in [6, 6.07) is 3.40. The van der Waals surface area contributed by atoms with Gasteiger partial charge in [0.15, 0.2) is 0 Å². The Kier molecular flexibility index (Phi) is 4.44. The highest BCUT2D eigenvalue weighted by molar-refractivity contribution is 7.89. The number of rotatable bonds is 5. The molecule has 100 valence electrons. The van der Waals surface area contributed by atoms with Crippen molar-refractivity contribution in [2.45, 2.75) is 24.8 Å². The third-order valence-electron chi connectivity index (χ3n) is 2.43. The summed E-state index contributed by atoms with van der Waals surface area (Å²) in [4.78, 5) is 10.8. The zero-order valence-electron chi connectivity index (χ0n) is 10.0. The lowest BCUT2D eigenvalue weighted by Crippen LogP contribution is -2.35. The average molecular weight is 273 g/mol. The molecule has 0 saturated carbocycles. The molecular weight excluding hydrogens is 258 g/mol. The predicted octanol–water partition coefficient (Wildman–Crippen LogP) is 0.352. The van der Waals surface area contributed by atoms with Crippen LogP contribution < -0.4 is 4.72 Å². The molecule has 0 amide bonds. The maximum atomic E-state index is 12.0. The summed E-state index contributed by atoms with van der Waals surface area (Å²) in [5.74, 6) is -1.18. The minimum absolute atomic E-state index is 0.0606. The number of hydrogen-bond acceptors (Lipinski definition) is 4. The first kappa shape index (κ1) is 14.6. The predicted molar refractivity (Wildman–Crippen MR) is 65.0 cm³/mol. The van der Waals surface area contributed by atoms with Crippen molar-refractivity contribution in [3.63, 3.8) is 0 Å². The van der Waals surface area contributed by atoms with E-state index >= 15 is 0 Å². The van der Waals surface area contributed by atoms with Gasteiger partial charge in [0, 0.05) is 6.04 Å². The number of aliphatic hydroxyl groups is 1. The number of sulfonamides is 1. The molecule has 7 heteroatoms. The van der Waals surface area contributed by atoms with Crippen molar-refractivity contribution in [2.24, 2.45) is 0 Å². The van der Waals surface area contributed by atoms with Crippen LogP contribution in [-0.4, -0.2) is 37.2 Å². The molecule has 1 aromatic carbocycles. The molecule has 0 aliphatic rings. The molecule has 0 radical (unpaired) electrons. The molecule has 0 fully saturated rings. The van der Waals surface area contributed by atoms with Gasteiger partial charge in [-0.2, -0.15) is 0 Å². The third-order valence-corrected chi connectivity index (χ3v) is 4.17. The zero-order chi connectivity index (χ0) is 13.9. The summed E-state index contributed by atoms with van der Waals surface area (Å²) < 4.78 is 26.2. The van der Waals surface area contributed by atoms with E-state index in [-0.39, 0.29) is 22.6 Å². The molecule has 1 atom stereocenters. The smallest absolute Gasteiger partial charge is 0.335 e. The minimum Gasteiger partial charge on any atom is -0.478 e. The first-order valence-electron chi connectivity index (χ1n) is 5.25. The fourth-order valence-corrected chi connectivity index (χ4v) is 3.00. The molecule has 6 nitrogen and oxygen atoms in total. The lowest BCUT2D eigenvalue weighted by Gasteiger charge is -2.14.